The van der Waals surface area contributed by atoms with Crippen LogP contribution in [0.15, 0.2) is 0 Å². The van der Waals surface area contributed by atoms with Gasteiger partial charge in [-0.3, -0.25) is 0 Å². The summed E-state index contributed by atoms with van der Waals surface area (Å²) in [6, 6.07) is -2.89. The highest BCUT2D eigenvalue weighted by Gasteiger charge is 2.15. The van der Waals surface area contributed by atoms with Gasteiger partial charge in [0, 0.05) is 0 Å². The number of nitrogens with one attached hydrogen (secondary N) is 2. The molecule has 0 saturated heterocycles. The number of hydrazine groups is 1. The fourth-order valence-electron chi connectivity index (χ4n) is 0.380. The molecule has 0 radical (unpaired) electrons. The predicted molar refractivity (Wildman–Crippen MR) is 43.7 cm³/mol. The molecule has 0 saturated carbocycles. The first-order valence-corrected chi connectivity index (χ1v) is 5.11. The van der Waals surface area contributed by atoms with E-state index in [2.05, 4.69) is 5.73 Å². The number of urea groups is 2. The summed E-state index contributed by atoms with van der Waals surface area (Å²) in [5, 5.41) is 0. The Balaban J connectivity index is 4.46. The standard InChI is InChI=1S/C2H6N4O6S2/c3-1(7)6(14(11)12)4-2(8)5-13(9)10/h13-14H,(H2,3,7)(H2,4,5,8,9,10). The van der Waals surface area contributed by atoms with Crippen molar-refractivity contribution in [1.29, 1.82) is 0 Å². The Bertz CT molecular complexity index is 367. The first kappa shape index (κ1) is 12.4. The van der Waals surface area contributed by atoms with Crippen molar-refractivity contribution < 1.29 is 26.4 Å². The van der Waals surface area contributed by atoms with Crippen molar-refractivity contribution in [3.63, 3.8) is 0 Å². The second-order valence-electron chi connectivity index (χ2n) is 1.70. The fraction of sp³-hybridized carbons (Fsp3) is 0. The van der Waals surface area contributed by atoms with E-state index in [9.17, 15) is 26.4 Å². The van der Waals surface area contributed by atoms with Crippen molar-refractivity contribution >= 4 is 33.8 Å². The topological polar surface area (TPSA) is 156 Å². The monoisotopic (exact) mass is 246 g/mol. The Kier molecular flexibility index (Phi) is 4.65. The third-order valence-electron chi connectivity index (χ3n) is 0.772. The van der Waals surface area contributed by atoms with Crippen LogP contribution in [0.5, 0.6) is 0 Å². The van der Waals surface area contributed by atoms with Crippen LogP contribution in [0.1, 0.15) is 0 Å². The van der Waals surface area contributed by atoms with Crippen LogP contribution < -0.4 is 15.9 Å². The SMILES string of the molecule is NC(=O)N(NC(=O)N[SH](=O)=O)[SH](=O)=O. The van der Waals surface area contributed by atoms with E-state index < -0.39 is 33.8 Å². The van der Waals surface area contributed by atoms with Crippen LogP contribution in [0.2, 0.25) is 0 Å². The zero-order chi connectivity index (χ0) is 11.3. The van der Waals surface area contributed by atoms with E-state index in [0.717, 1.165) is 0 Å². The maximum absolute atomic E-state index is 10.5. The van der Waals surface area contributed by atoms with Crippen LogP contribution in [0.25, 0.3) is 0 Å². The molecule has 0 fully saturated rings. The highest BCUT2D eigenvalue weighted by atomic mass is 32.2. The molecule has 12 heteroatoms. The molecule has 0 unspecified atom stereocenters. The summed E-state index contributed by atoms with van der Waals surface area (Å²) in [5.41, 5.74) is 5.90. The van der Waals surface area contributed by atoms with Crippen molar-refractivity contribution in [2.45, 2.75) is 0 Å². The molecule has 82 valence electrons. The van der Waals surface area contributed by atoms with Crippen LogP contribution in [-0.4, -0.2) is 33.3 Å². The molecule has 0 aliphatic carbocycles. The van der Waals surface area contributed by atoms with Gasteiger partial charge in [0.2, 0.25) is 21.8 Å². The summed E-state index contributed by atoms with van der Waals surface area (Å²) < 4.78 is 41.3. The minimum absolute atomic E-state index is 0.247. The van der Waals surface area contributed by atoms with Crippen molar-refractivity contribution in [2.24, 2.45) is 5.73 Å². The molecule has 0 aliphatic heterocycles. The Morgan fingerprint density at radius 1 is 1.14 bits per heavy atom. The van der Waals surface area contributed by atoms with E-state index in [0.29, 0.717) is 0 Å². The first-order valence-electron chi connectivity index (χ1n) is 2.80. The lowest BCUT2D eigenvalue weighted by molar-refractivity contribution is 0.210. The van der Waals surface area contributed by atoms with E-state index in [-0.39, 0.29) is 4.41 Å². The van der Waals surface area contributed by atoms with Gasteiger partial charge in [0.05, 0.1) is 0 Å². The number of hydrogen-bond donors (Lipinski definition) is 5. The number of rotatable bonds is 2. The molecule has 0 aromatic heterocycles. The van der Waals surface area contributed by atoms with E-state index in [1.165, 1.54) is 10.1 Å². The molecular weight excluding hydrogens is 240 g/mol. The Morgan fingerprint density at radius 2 is 1.64 bits per heavy atom. The van der Waals surface area contributed by atoms with E-state index >= 15 is 0 Å². The van der Waals surface area contributed by atoms with Crippen molar-refractivity contribution in [3.8, 4) is 0 Å². The third-order valence-corrected chi connectivity index (χ3v) is 1.78. The lowest BCUT2D eigenvalue weighted by Crippen LogP contribution is -2.50. The summed E-state index contributed by atoms with van der Waals surface area (Å²) in [6.45, 7) is 0. The van der Waals surface area contributed by atoms with Crippen molar-refractivity contribution in [2.75, 3.05) is 0 Å². The molecule has 0 rings (SSSR count). The quantitative estimate of drug-likeness (QED) is 0.253. The van der Waals surface area contributed by atoms with E-state index in [1.807, 2.05) is 0 Å². The van der Waals surface area contributed by atoms with Crippen LogP contribution >= 0.6 is 0 Å². The van der Waals surface area contributed by atoms with Crippen LogP contribution in [-0.2, 0) is 21.8 Å². The van der Waals surface area contributed by atoms with Gasteiger partial charge in [0.1, 0.15) is 0 Å². The average Bonchev–Trinajstić information content (AvgIpc) is 1.97. The Morgan fingerprint density at radius 3 is 1.93 bits per heavy atom. The molecule has 14 heavy (non-hydrogen) atoms. The zero-order valence-corrected chi connectivity index (χ0v) is 8.16. The number of carbonyl (C=O) groups excluding carboxylic acids is 2. The lowest BCUT2D eigenvalue weighted by atomic mass is 11.1. The Labute approximate surface area is 81.2 Å². The normalized spacial score (nSPS) is 9.86. The minimum Gasteiger partial charge on any atom is -0.349 e. The summed E-state index contributed by atoms with van der Waals surface area (Å²) in [5.74, 6) is 0. The molecule has 0 aromatic carbocycles. The van der Waals surface area contributed by atoms with Gasteiger partial charge >= 0.3 is 12.1 Å². The molecule has 0 aromatic rings. The third kappa shape index (κ3) is 4.46. The number of primary amides is 1. The van der Waals surface area contributed by atoms with Gasteiger partial charge in [0.15, 0.2) is 0 Å². The molecule has 0 bridgehead atoms. The number of thiol groups is 2. The van der Waals surface area contributed by atoms with Gasteiger partial charge < -0.3 is 5.73 Å². The average molecular weight is 246 g/mol. The van der Waals surface area contributed by atoms with Crippen LogP contribution in [0, 0.1) is 0 Å². The van der Waals surface area contributed by atoms with Crippen LogP contribution in [0.3, 0.4) is 0 Å². The van der Waals surface area contributed by atoms with Gasteiger partial charge in [-0.15, -0.1) is 4.41 Å². The van der Waals surface area contributed by atoms with Gasteiger partial charge in [-0.05, 0) is 0 Å². The van der Waals surface area contributed by atoms with Crippen LogP contribution in [0.4, 0.5) is 9.59 Å². The van der Waals surface area contributed by atoms with Gasteiger partial charge in [0.25, 0.3) is 0 Å². The first-order chi connectivity index (χ1) is 6.34. The molecule has 0 atom stereocenters. The number of hydrogen-bond acceptors (Lipinski definition) is 6. The zero-order valence-electron chi connectivity index (χ0n) is 6.37. The van der Waals surface area contributed by atoms with E-state index in [4.69, 9.17) is 0 Å². The maximum Gasteiger partial charge on any atom is 0.348 e. The van der Waals surface area contributed by atoms with Gasteiger partial charge in [-0.1, -0.05) is 0 Å². The second-order valence-corrected chi connectivity index (χ2v) is 3.31. The number of nitrogens with zero attached hydrogens (tertiary/aromatic N) is 1. The summed E-state index contributed by atoms with van der Waals surface area (Å²) >= 11 is 0. The largest absolute Gasteiger partial charge is 0.349 e. The fourth-order valence-corrected chi connectivity index (χ4v) is 0.930. The highest BCUT2D eigenvalue weighted by molar-refractivity contribution is 7.71. The van der Waals surface area contributed by atoms with Gasteiger partial charge in [-0.2, -0.15) is 0 Å². The summed E-state index contributed by atoms with van der Waals surface area (Å²) in [4.78, 5) is 20.9. The van der Waals surface area contributed by atoms with Crippen molar-refractivity contribution in [3.05, 3.63) is 0 Å². The summed E-state index contributed by atoms with van der Waals surface area (Å²) in [7, 11) is -6.72. The maximum atomic E-state index is 10.5. The Hall–Kier alpha value is -1.56. The smallest absolute Gasteiger partial charge is 0.348 e. The molecule has 4 amide bonds. The molecule has 10 nitrogen and oxygen atoms in total. The number of nitrogens with two attached hydrogens (primary N) is 1. The molecule has 0 heterocycles. The highest BCUT2D eigenvalue weighted by Crippen LogP contribution is 1.80. The second kappa shape index (κ2) is 5.23. The predicted octanol–water partition coefficient (Wildman–Crippen LogP) is -3.37. The van der Waals surface area contributed by atoms with Crippen molar-refractivity contribution in [1.82, 2.24) is 14.6 Å². The molecule has 4 N–H and O–H groups in total. The molecule has 0 aliphatic rings. The lowest BCUT2D eigenvalue weighted by Gasteiger charge is -2.12. The van der Waals surface area contributed by atoms with E-state index in [1.54, 1.807) is 0 Å². The molecular formula is C2H6N4O6S2. The van der Waals surface area contributed by atoms with Gasteiger partial charge in [-0.25, -0.2) is 36.6 Å². The molecule has 0 spiro atoms. The number of amides is 4. The minimum atomic E-state index is -3.47. The number of carbonyl (C=O) groups is 2. The summed E-state index contributed by atoms with van der Waals surface area (Å²) in [6.07, 6.45) is 0.